The number of carbonyl (C=O) groups excluding carboxylic acids is 2. The van der Waals surface area contributed by atoms with E-state index in [0.29, 0.717) is 38.3 Å². The summed E-state index contributed by atoms with van der Waals surface area (Å²) in [4.78, 5) is 36.9. The number of hydrogen-bond acceptors (Lipinski definition) is 8. The first-order valence-electron chi connectivity index (χ1n) is 12.2. The van der Waals surface area contributed by atoms with Crippen LogP contribution in [0.1, 0.15) is 67.5 Å². The Labute approximate surface area is 218 Å². The third kappa shape index (κ3) is 6.65. The Hall–Kier alpha value is -3.55. The number of ether oxygens (including phenoxy) is 1. The second-order valence-corrected chi connectivity index (χ2v) is 10.1. The molecule has 38 heavy (non-hydrogen) atoms. The third-order valence-electron chi connectivity index (χ3n) is 6.26. The maximum absolute atomic E-state index is 13.3. The number of halogens is 3. The largest absolute Gasteiger partial charge is 0.435 e. The van der Waals surface area contributed by atoms with Crippen LogP contribution in [0.15, 0.2) is 12.4 Å². The van der Waals surface area contributed by atoms with Crippen molar-refractivity contribution in [1.82, 2.24) is 24.6 Å². The highest BCUT2D eigenvalue weighted by Crippen LogP contribution is 2.33. The molecule has 1 aliphatic rings. The molecule has 3 N–H and O–H groups in total. The number of primary amides is 1. The molecule has 2 amide bonds. The van der Waals surface area contributed by atoms with Gasteiger partial charge in [0.1, 0.15) is 0 Å². The lowest BCUT2D eigenvalue weighted by atomic mass is 9.89. The first-order chi connectivity index (χ1) is 17.7. The van der Waals surface area contributed by atoms with Crippen molar-refractivity contribution in [2.75, 3.05) is 44.3 Å². The van der Waals surface area contributed by atoms with Crippen LogP contribution in [0.5, 0.6) is 0 Å². The monoisotopic (exact) mass is 538 g/mol. The maximum atomic E-state index is 13.3. The van der Waals surface area contributed by atoms with Gasteiger partial charge in [-0.2, -0.15) is 18.3 Å². The molecule has 1 unspecified atom stereocenters. The third-order valence-corrected chi connectivity index (χ3v) is 6.26. The summed E-state index contributed by atoms with van der Waals surface area (Å²) in [6, 6.07) is -0.746. The van der Waals surface area contributed by atoms with Crippen LogP contribution in [-0.4, -0.2) is 82.1 Å². The highest BCUT2D eigenvalue weighted by molar-refractivity contribution is 6.01. The van der Waals surface area contributed by atoms with Gasteiger partial charge in [0, 0.05) is 44.8 Å². The van der Waals surface area contributed by atoms with Gasteiger partial charge >= 0.3 is 6.18 Å². The molecule has 14 heteroatoms. The zero-order chi connectivity index (χ0) is 28.3. The van der Waals surface area contributed by atoms with E-state index in [9.17, 15) is 22.8 Å². The van der Waals surface area contributed by atoms with Crippen molar-refractivity contribution in [2.24, 2.45) is 5.73 Å². The summed E-state index contributed by atoms with van der Waals surface area (Å²) in [6.45, 7) is 9.97. The molecule has 1 saturated heterocycles. The van der Waals surface area contributed by atoms with Gasteiger partial charge in [-0.3, -0.25) is 14.3 Å². The number of piperazine rings is 1. The second kappa shape index (κ2) is 11.5. The van der Waals surface area contributed by atoms with Gasteiger partial charge in [-0.1, -0.05) is 20.8 Å². The number of nitrogens with two attached hydrogens (primary N) is 1. The minimum Gasteiger partial charge on any atom is -0.379 e. The maximum Gasteiger partial charge on any atom is 0.435 e. The molecule has 1 atom stereocenters. The van der Waals surface area contributed by atoms with Crippen molar-refractivity contribution in [3.05, 3.63) is 34.9 Å². The first-order valence-corrected chi connectivity index (χ1v) is 12.2. The number of carbonyl (C=O) groups is 2. The highest BCUT2D eigenvalue weighted by atomic mass is 19.4. The lowest BCUT2D eigenvalue weighted by Gasteiger charge is -2.35. The molecule has 0 aromatic carbocycles. The van der Waals surface area contributed by atoms with Crippen LogP contribution in [0.4, 0.5) is 19.1 Å². The molecule has 0 aliphatic carbocycles. The van der Waals surface area contributed by atoms with Crippen molar-refractivity contribution in [2.45, 2.75) is 51.7 Å². The van der Waals surface area contributed by atoms with E-state index in [4.69, 9.17) is 15.9 Å². The van der Waals surface area contributed by atoms with Crippen molar-refractivity contribution < 1.29 is 27.5 Å². The molecule has 3 rings (SSSR count). The van der Waals surface area contributed by atoms with Crippen LogP contribution in [0.2, 0.25) is 0 Å². The van der Waals surface area contributed by atoms with Gasteiger partial charge in [0.25, 0.3) is 5.91 Å². The average molecular weight is 539 g/mol. The summed E-state index contributed by atoms with van der Waals surface area (Å²) in [5.74, 6) is -0.802. The minimum atomic E-state index is -4.91. The van der Waals surface area contributed by atoms with Gasteiger partial charge in [0.2, 0.25) is 11.9 Å². The summed E-state index contributed by atoms with van der Waals surface area (Å²) in [6.07, 6.45) is -0.561. The average Bonchev–Trinajstić information content (AvgIpc) is 3.27. The lowest BCUT2D eigenvalue weighted by molar-refractivity contribution is -0.142. The van der Waals surface area contributed by atoms with Gasteiger partial charge in [0.05, 0.1) is 36.9 Å². The smallest absolute Gasteiger partial charge is 0.379 e. The van der Waals surface area contributed by atoms with Crippen LogP contribution >= 0.6 is 0 Å². The quantitative estimate of drug-likeness (QED) is 0.369. The Morgan fingerprint density at radius 3 is 2.26 bits per heavy atom. The Bertz CT molecular complexity index is 1150. The molecule has 2 aromatic rings. The second-order valence-electron chi connectivity index (χ2n) is 10.1. The van der Waals surface area contributed by atoms with Crippen LogP contribution in [0.3, 0.4) is 0 Å². The molecule has 11 nitrogen and oxygen atoms in total. The number of amides is 2. The molecule has 208 valence electrons. The van der Waals surface area contributed by atoms with Crippen molar-refractivity contribution in [1.29, 1.82) is 5.41 Å². The lowest BCUT2D eigenvalue weighted by Crippen LogP contribution is -2.49. The van der Waals surface area contributed by atoms with E-state index in [0.717, 1.165) is 10.2 Å². The van der Waals surface area contributed by atoms with E-state index in [-0.39, 0.29) is 36.7 Å². The minimum absolute atomic E-state index is 0.0390. The highest BCUT2D eigenvalue weighted by Gasteiger charge is 2.41. The molecule has 0 saturated carbocycles. The summed E-state index contributed by atoms with van der Waals surface area (Å²) < 4.78 is 46.4. The zero-order valence-corrected chi connectivity index (χ0v) is 21.9. The van der Waals surface area contributed by atoms with E-state index in [1.54, 1.807) is 4.90 Å². The fraction of sp³-hybridized carbons (Fsp3) is 0.583. The Morgan fingerprint density at radius 2 is 1.76 bits per heavy atom. The van der Waals surface area contributed by atoms with E-state index in [2.05, 4.69) is 35.8 Å². The van der Waals surface area contributed by atoms with Gasteiger partial charge in [-0.15, -0.1) is 0 Å². The topological polar surface area (TPSA) is 143 Å². The first kappa shape index (κ1) is 29.0. The van der Waals surface area contributed by atoms with E-state index in [1.807, 2.05) is 17.3 Å². The predicted octanol–water partition coefficient (Wildman–Crippen LogP) is 2.40. The Balaban J connectivity index is 1.49. The molecule has 0 radical (unpaired) electrons. The number of anilines is 1. The summed E-state index contributed by atoms with van der Waals surface area (Å²) >= 11 is 0. The molecular weight excluding hydrogens is 505 g/mol. The molecule has 1 aliphatic heterocycles. The molecule has 2 aromatic heterocycles. The SMILES string of the molecule is CC(COCCC(=O)N1CCN(c2ncc(C(C)(C)C)cn2)CC1)n1nc(C(F)(F)F)c(C(N)=O)c1C=N. The van der Waals surface area contributed by atoms with Gasteiger partial charge < -0.3 is 25.7 Å². The van der Waals surface area contributed by atoms with E-state index < -0.39 is 29.4 Å². The van der Waals surface area contributed by atoms with Gasteiger partial charge in [-0.05, 0) is 17.9 Å². The Kier molecular flexibility index (Phi) is 8.75. The van der Waals surface area contributed by atoms with Crippen molar-refractivity contribution >= 4 is 24.0 Å². The molecule has 0 spiro atoms. The summed E-state index contributed by atoms with van der Waals surface area (Å²) in [5, 5.41) is 10.9. The standard InChI is InChI=1S/C24H33F3N8O3/c1-15(35-17(11-28)19(21(29)37)20(32-35)24(25,26)27)14-38-10-5-18(36)33-6-8-34(9-7-33)22-30-12-16(13-31-22)23(2,3)4/h11-13,15,28H,5-10,14H2,1-4H3,(H2,29,37). The van der Waals surface area contributed by atoms with Crippen LogP contribution in [-0.2, 0) is 21.1 Å². The van der Waals surface area contributed by atoms with Crippen molar-refractivity contribution in [3.8, 4) is 0 Å². The zero-order valence-electron chi connectivity index (χ0n) is 21.9. The number of alkyl halides is 3. The predicted molar refractivity (Wildman–Crippen MR) is 133 cm³/mol. The summed E-state index contributed by atoms with van der Waals surface area (Å²) in [5.41, 5.74) is 3.46. The number of nitrogens with zero attached hydrogens (tertiary/aromatic N) is 6. The van der Waals surface area contributed by atoms with Crippen LogP contribution < -0.4 is 10.6 Å². The van der Waals surface area contributed by atoms with E-state index >= 15 is 0 Å². The van der Waals surface area contributed by atoms with Crippen LogP contribution in [0, 0.1) is 5.41 Å². The molecule has 0 bridgehead atoms. The van der Waals surface area contributed by atoms with Gasteiger partial charge in [-0.25, -0.2) is 9.97 Å². The Morgan fingerprint density at radius 1 is 1.16 bits per heavy atom. The number of nitrogens with one attached hydrogen (secondary N) is 1. The fourth-order valence-electron chi connectivity index (χ4n) is 4.03. The molecule has 3 heterocycles. The fourth-order valence-corrected chi connectivity index (χ4v) is 4.03. The number of aromatic nitrogens is 4. The summed E-state index contributed by atoms with van der Waals surface area (Å²) in [7, 11) is 0. The number of rotatable bonds is 9. The van der Waals surface area contributed by atoms with E-state index in [1.165, 1.54) is 6.92 Å². The molecular formula is C24H33F3N8O3. The van der Waals surface area contributed by atoms with Gasteiger partial charge in [0.15, 0.2) is 5.69 Å². The molecule has 1 fully saturated rings. The van der Waals surface area contributed by atoms with Crippen LogP contribution in [0.25, 0.3) is 0 Å². The number of hydrogen-bond donors (Lipinski definition) is 2. The normalized spacial score (nSPS) is 15.4. The van der Waals surface area contributed by atoms with Crippen molar-refractivity contribution in [3.63, 3.8) is 0 Å².